The lowest BCUT2D eigenvalue weighted by atomic mass is 10.0. The van der Waals surface area contributed by atoms with Gasteiger partial charge in [0.05, 0.1) is 22.3 Å². The summed E-state index contributed by atoms with van der Waals surface area (Å²) < 4.78 is 94.3. The third-order valence-corrected chi connectivity index (χ3v) is 4.29. The van der Waals surface area contributed by atoms with Crippen LogP contribution in [0.15, 0.2) is 6.07 Å². The van der Waals surface area contributed by atoms with Gasteiger partial charge in [0.1, 0.15) is 11.9 Å². The Balaban J connectivity index is 1.89. The zero-order valence-electron chi connectivity index (χ0n) is 21.4. The van der Waals surface area contributed by atoms with Gasteiger partial charge in [-0.3, -0.25) is 29.4 Å². The van der Waals surface area contributed by atoms with Crippen LogP contribution in [0.5, 0.6) is 0 Å². The number of imide groups is 2. The smallest absolute Gasteiger partial charge is 0.265 e. The van der Waals surface area contributed by atoms with Crippen molar-refractivity contribution in [1.29, 1.82) is 0 Å². The summed E-state index contributed by atoms with van der Waals surface area (Å²) in [6, 6.07) is -1.43. The van der Waals surface area contributed by atoms with Crippen molar-refractivity contribution in [1.82, 2.24) is 15.5 Å². The van der Waals surface area contributed by atoms with E-state index < -0.39 is 84.1 Å². The number of benzene rings is 1. The van der Waals surface area contributed by atoms with Crippen LogP contribution in [0.2, 0.25) is 0 Å². The van der Waals surface area contributed by atoms with E-state index in [2.05, 4.69) is 0 Å². The first kappa shape index (κ1) is 10.5. The van der Waals surface area contributed by atoms with Crippen molar-refractivity contribution in [2.45, 2.75) is 18.9 Å². The first-order valence-corrected chi connectivity index (χ1v) is 7.70. The van der Waals surface area contributed by atoms with Gasteiger partial charge in [-0.15, -0.1) is 0 Å². The Labute approximate surface area is 163 Å². The van der Waals surface area contributed by atoms with E-state index in [1.54, 1.807) is 0 Å². The van der Waals surface area contributed by atoms with E-state index in [9.17, 15) is 19.2 Å². The van der Waals surface area contributed by atoms with Gasteiger partial charge < -0.3 is 10.2 Å². The minimum Gasteiger partial charge on any atom is -0.367 e. The summed E-state index contributed by atoms with van der Waals surface area (Å²) in [5.41, 5.74) is -3.75. The summed E-state index contributed by atoms with van der Waals surface area (Å²) in [7, 11) is 0. The van der Waals surface area contributed by atoms with Crippen molar-refractivity contribution in [2.24, 2.45) is 0 Å². The molecule has 2 N–H and O–H groups in total. The average molecular weight is 386 g/mol. The Morgan fingerprint density at radius 1 is 1.07 bits per heavy atom. The zero-order valence-corrected chi connectivity index (χ0v) is 13.4. The van der Waals surface area contributed by atoms with Gasteiger partial charge in [0, 0.05) is 44.0 Å². The predicted octanol–water partition coefficient (Wildman–Crippen LogP) is -0.224. The summed E-state index contributed by atoms with van der Waals surface area (Å²) in [5, 5.41) is 3.43. The average Bonchev–Trinajstić information content (AvgIpc) is 2.95. The lowest BCUT2D eigenvalue weighted by molar-refractivity contribution is -0.136. The number of piperidine rings is 1. The Bertz CT molecular complexity index is 1190. The van der Waals surface area contributed by atoms with Gasteiger partial charge in [-0.05, 0) is 6.42 Å². The van der Waals surface area contributed by atoms with Gasteiger partial charge in [-0.25, -0.2) is 8.78 Å². The van der Waals surface area contributed by atoms with E-state index in [0.717, 1.165) is 0 Å². The van der Waals surface area contributed by atoms with Crippen molar-refractivity contribution in [2.75, 3.05) is 30.9 Å². The number of nitrogens with one attached hydrogen (secondary N) is 2. The standard InChI is InChI=1S/C17H16F2N4O4/c18-8-7-10(22-5-3-20-4-6-22)14(19)13-12(8)16(26)23(17(13)27)9-1-2-11(24)21-15(9)25/h7,9,20H,1-6H2,(H,21,24,25)/i3D2,4D2,5D2,6D2. The first-order valence-electron chi connectivity index (χ1n) is 11.7. The molecule has 2 saturated heterocycles. The summed E-state index contributed by atoms with van der Waals surface area (Å²) in [5.74, 6) is -8.12. The number of hydrogen-bond acceptors (Lipinski definition) is 6. The number of amides is 4. The molecule has 27 heavy (non-hydrogen) atoms. The molecule has 0 bridgehead atoms. The van der Waals surface area contributed by atoms with Crippen molar-refractivity contribution in [3.8, 4) is 0 Å². The van der Waals surface area contributed by atoms with Crippen molar-refractivity contribution in [3.63, 3.8) is 0 Å². The van der Waals surface area contributed by atoms with E-state index in [1.165, 1.54) is 5.32 Å². The summed E-state index contributed by atoms with van der Waals surface area (Å²) in [6.45, 7) is -13.8. The number of fused-ring (bicyclic) bond motifs is 1. The van der Waals surface area contributed by atoms with Gasteiger partial charge >= 0.3 is 0 Å². The number of rotatable bonds is 2. The summed E-state index contributed by atoms with van der Waals surface area (Å²) in [4.78, 5) is 49.3. The molecule has 4 amide bonds. The fourth-order valence-electron chi connectivity index (χ4n) is 3.08. The maximum Gasteiger partial charge on any atom is 0.265 e. The molecule has 0 aliphatic carbocycles. The minimum atomic E-state index is -3.54. The summed E-state index contributed by atoms with van der Waals surface area (Å²) in [6.07, 6.45) is -0.596. The van der Waals surface area contributed by atoms with Crippen LogP contribution in [-0.4, -0.2) is 60.6 Å². The van der Waals surface area contributed by atoms with E-state index in [-0.39, 0.29) is 28.7 Å². The quantitative estimate of drug-likeness (QED) is 0.682. The van der Waals surface area contributed by atoms with Gasteiger partial charge in [0.25, 0.3) is 11.8 Å². The molecule has 10 heteroatoms. The van der Waals surface area contributed by atoms with Gasteiger partial charge in [0.15, 0.2) is 5.82 Å². The molecular formula is C17H16F2N4O4. The van der Waals surface area contributed by atoms with E-state index in [4.69, 9.17) is 11.0 Å². The van der Waals surface area contributed by atoms with Gasteiger partial charge in [-0.1, -0.05) is 0 Å². The molecule has 1 aromatic carbocycles. The summed E-state index contributed by atoms with van der Waals surface area (Å²) >= 11 is 0. The molecule has 2 fully saturated rings. The minimum absolute atomic E-state index is 0.153. The van der Waals surface area contributed by atoms with E-state index >= 15 is 8.78 Å². The molecule has 3 heterocycles. The van der Waals surface area contributed by atoms with Gasteiger partial charge in [0.2, 0.25) is 11.8 Å². The largest absolute Gasteiger partial charge is 0.367 e. The number of hydrogen-bond donors (Lipinski definition) is 2. The molecule has 0 aromatic heterocycles. The maximum absolute atomic E-state index is 15.7. The van der Waals surface area contributed by atoms with Crippen LogP contribution < -0.4 is 15.5 Å². The number of piperazine rings is 1. The Hall–Kier alpha value is -2.88. The molecule has 3 aliphatic rings. The Morgan fingerprint density at radius 3 is 2.41 bits per heavy atom. The highest BCUT2D eigenvalue weighted by Crippen LogP contribution is 2.35. The highest BCUT2D eigenvalue weighted by molar-refractivity contribution is 6.24. The number of carbonyl (C=O) groups excluding carboxylic acids is 4. The molecular weight excluding hydrogens is 362 g/mol. The third-order valence-electron chi connectivity index (χ3n) is 4.29. The topological polar surface area (TPSA) is 98.8 Å². The molecule has 4 rings (SSSR count). The number of anilines is 1. The maximum atomic E-state index is 15.7. The normalized spacial score (nSPS) is 34.8. The van der Waals surface area contributed by atoms with Crippen LogP contribution >= 0.6 is 0 Å². The van der Waals surface area contributed by atoms with E-state index in [1.807, 2.05) is 5.32 Å². The SMILES string of the molecule is [2H]C1([2H])NC([2H])([2H])C([2H])([2H])N(c2cc(F)c3c(c2F)C(=O)N(C2CCC(=O)NC2=O)C3=O)C1([2H])[2H]. The highest BCUT2D eigenvalue weighted by atomic mass is 19.1. The van der Waals surface area contributed by atoms with Crippen LogP contribution in [-0.2, 0) is 9.59 Å². The van der Waals surface area contributed by atoms with Gasteiger partial charge in [-0.2, -0.15) is 0 Å². The Morgan fingerprint density at radius 2 is 1.74 bits per heavy atom. The van der Waals surface area contributed by atoms with E-state index in [0.29, 0.717) is 0 Å². The van der Waals surface area contributed by atoms with Crippen LogP contribution in [0.1, 0.15) is 44.5 Å². The monoisotopic (exact) mass is 386 g/mol. The molecule has 1 atom stereocenters. The molecule has 3 aliphatic heterocycles. The zero-order chi connectivity index (χ0) is 26.5. The number of halogens is 2. The second kappa shape index (κ2) is 6.38. The second-order valence-electron chi connectivity index (χ2n) is 5.82. The van der Waals surface area contributed by atoms with Crippen LogP contribution in [0.3, 0.4) is 0 Å². The third kappa shape index (κ3) is 2.67. The predicted molar refractivity (Wildman–Crippen MR) is 88.1 cm³/mol. The fourth-order valence-corrected chi connectivity index (χ4v) is 3.08. The molecule has 0 saturated carbocycles. The second-order valence-corrected chi connectivity index (χ2v) is 5.82. The Kier molecular flexibility index (Phi) is 2.47. The fraction of sp³-hybridized carbons (Fsp3) is 0.412. The number of nitrogens with zero attached hydrogens (tertiary/aromatic N) is 2. The van der Waals surface area contributed by atoms with Crippen LogP contribution in [0, 0.1) is 11.6 Å². The molecule has 1 aromatic rings. The van der Waals surface area contributed by atoms with Crippen molar-refractivity contribution < 1.29 is 38.9 Å². The molecule has 0 spiro atoms. The lowest BCUT2D eigenvalue weighted by Gasteiger charge is -2.30. The first-order chi connectivity index (χ1) is 15.9. The molecule has 0 radical (unpaired) electrons. The molecule has 142 valence electrons. The van der Waals surface area contributed by atoms with Crippen molar-refractivity contribution in [3.05, 3.63) is 28.8 Å². The molecule has 8 nitrogen and oxygen atoms in total. The van der Waals surface area contributed by atoms with Crippen LogP contribution in [0.4, 0.5) is 14.5 Å². The highest BCUT2D eigenvalue weighted by Gasteiger charge is 2.48. The lowest BCUT2D eigenvalue weighted by Crippen LogP contribution is -2.54. The van der Waals surface area contributed by atoms with Crippen molar-refractivity contribution >= 4 is 29.3 Å². The number of carbonyl (C=O) groups is 4. The van der Waals surface area contributed by atoms with Crippen LogP contribution in [0.25, 0.3) is 0 Å². The molecule has 1 unspecified atom stereocenters.